The number of rotatable bonds is 2. The Morgan fingerprint density at radius 1 is 1.26 bits per heavy atom. The number of allylic oxidation sites excluding steroid dienone is 5. The van der Waals surface area contributed by atoms with E-state index in [0.29, 0.717) is 5.56 Å². The molecule has 0 saturated heterocycles. The molecule has 1 aromatic carbocycles. The lowest BCUT2D eigenvalue weighted by Crippen LogP contribution is -2.10. The van der Waals surface area contributed by atoms with Crippen LogP contribution < -0.4 is 5.73 Å². The smallest absolute Gasteiger partial charge is 0.248 e. The lowest BCUT2D eigenvalue weighted by Gasteiger charge is -2.17. The summed E-state index contributed by atoms with van der Waals surface area (Å²) < 4.78 is 0. The first kappa shape index (κ1) is 11.5. The topological polar surface area (TPSA) is 64.7 Å². The van der Waals surface area contributed by atoms with E-state index in [2.05, 4.69) is 11.2 Å². The molecule has 0 bridgehead atoms. The molecule has 0 fully saturated rings. The molecule has 4 heteroatoms. The van der Waals surface area contributed by atoms with Crippen molar-refractivity contribution < 1.29 is 9.63 Å². The Kier molecular flexibility index (Phi) is 2.76. The van der Waals surface area contributed by atoms with Gasteiger partial charge in [-0.15, -0.1) is 0 Å². The van der Waals surface area contributed by atoms with Crippen LogP contribution in [0.15, 0.2) is 59.0 Å². The molecule has 1 amide bonds. The van der Waals surface area contributed by atoms with Gasteiger partial charge >= 0.3 is 0 Å². The Bertz CT molecular complexity index is 649. The highest BCUT2D eigenvalue weighted by Crippen LogP contribution is 2.30. The predicted molar refractivity (Wildman–Crippen MR) is 73.3 cm³/mol. The van der Waals surface area contributed by atoms with Gasteiger partial charge in [0.15, 0.2) is 5.76 Å². The summed E-state index contributed by atoms with van der Waals surface area (Å²) in [5.74, 6) is 0.358. The number of nitrogens with zero attached hydrogens (tertiary/aromatic N) is 1. The van der Waals surface area contributed by atoms with Gasteiger partial charge in [0.05, 0.1) is 6.21 Å². The summed E-state index contributed by atoms with van der Waals surface area (Å²) >= 11 is 0. The lowest BCUT2D eigenvalue weighted by atomic mass is 9.94. The number of nitrogens with two attached hydrogens (primary N) is 1. The zero-order valence-corrected chi connectivity index (χ0v) is 10.2. The number of primary amides is 1. The van der Waals surface area contributed by atoms with E-state index in [-0.39, 0.29) is 0 Å². The van der Waals surface area contributed by atoms with E-state index in [4.69, 9.17) is 10.6 Å². The van der Waals surface area contributed by atoms with Crippen molar-refractivity contribution in [2.75, 3.05) is 0 Å². The number of hydrogen-bond acceptors (Lipinski definition) is 3. The molecule has 1 aliphatic heterocycles. The fourth-order valence-corrected chi connectivity index (χ4v) is 2.08. The summed E-state index contributed by atoms with van der Waals surface area (Å²) in [7, 11) is 0. The Hall–Kier alpha value is -2.62. The molecule has 94 valence electrons. The number of oxime groups is 1. The lowest BCUT2D eigenvalue weighted by molar-refractivity contribution is 0.100. The van der Waals surface area contributed by atoms with Gasteiger partial charge in [0.1, 0.15) is 0 Å². The van der Waals surface area contributed by atoms with Crippen LogP contribution in [0.5, 0.6) is 0 Å². The van der Waals surface area contributed by atoms with Crippen molar-refractivity contribution in [2.24, 2.45) is 10.9 Å². The molecule has 1 aromatic rings. The summed E-state index contributed by atoms with van der Waals surface area (Å²) in [5.41, 5.74) is 8.92. The van der Waals surface area contributed by atoms with Gasteiger partial charge in [0.25, 0.3) is 0 Å². The van der Waals surface area contributed by atoms with Crippen LogP contribution in [0.4, 0.5) is 0 Å². The average Bonchev–Trinajstić information content (AvgIpc) is 2.47. The second-order valence-corrected chi connectivity index (χ2v) is 4.35. The fourth-order valence-electron chi connectivity index (χ4n) is 2.08. The predicted octanol–water partition coefficient (Wildman–Crippen LogP) is 2.40. The van der Waals surface area contributed by atoms with Gasteiger partial charge in [-0.2, -0.15) is 0 Å². The van der Waals surface area contributed by atoms with Gasteiger partial charge in [0.2, 0.25) is 5.91 Å². The zero-order valence-electron chi connectivity index (χ0n) is 10.2. The van der Waals surface area contributed by atoms with E-state index in [9.17, 15) is 4.79 Å². The first-order chi connectivity index (χ1) is 9.24. The van der Waals surface area contributed by atoms with Crippen LogP contribution in [0.25, 0.3) is 5.57 Å². The summed E-state index contributed by atoms with van der Waals surface area (Å²) in [6.07, 6.45) is 8.47. The first-order valence-corrected chi connectivity index (χ1v) is 5.96. The zero-order chi connectivity index (χ0) is 13.2. The highest BCUT2D eigenvalue weighted by atomic mass is 16.6. The molecule has 4 nitrogen and oxygen atoms in total. The summed E-state index contributed by atoms with van der Waals surface area (Å²) in [4.78, 5) is 16.3. The normalized spacial score (nSPS) is 16.7. The van der Waals surface area contributed by atoms with Crippen molar-refractivity contribution in [3.63, 3.8) is 0 Å². The summed E-state index contributed by atoms with van der Waals surface area (Å²) in [5, 5.41) is 3.77. The van der Waals surface area contributed by atoms with Crippen molar-refractivity contribution in [3.8, 4) is 0 Å². The Balaban J connectivity index is 1.90. The van der Waals surface area contributed by atoms with Gasteiger partial charge in [-0.1, -0.05) is 23.4 Å². The second-order valence-electron chi connectivity index (χ2n) is 4.35. The highest BCUT2D eigenvalue weighted by Gasteiger charge is 2.15. The van der Waals surface area contributed by atoms with Gasteiger partial charge in [0, 0.05) is 11.1 Å². The van der Waals surface area contributed by atoms with Crippen LogP contribution in [0.1, 0.15) is 22.3 Å². The van der Waals surface area contributed by atoms with Crippen LogP contribution >= 0.6 is 0 Å². The number of fused-ring (bicyclic) bond motifs is 1. The first-order valence-electron chi connectivity index (χ1n) is 5.96. The molecule has 0 radical (unpaired) electrons. The fraction of sp³-hybridized carbons (Fsp3) is 0.0667. The minimum absolute atomic E-state index is 0.419. The molecular formula is C15H12N2O2. The number of benzene rings is 1. The van der Waals surface area contributed by atoms with Gasteiger partial charge in [-0.25, -0.2) is 0 Å². The van der Waals surface area contributed by atoms with Crippen LogP contribution in [-0.2, 0) is 4.84 Å². The molecule has 0 aromatic heterocycles. The number of carbonyl (C=O) groups excluding carboxylic acids is 1. The maximum absolute atomic E-state index is 11.0. The maximum atomic E-state index is 11.0. The van der Waals surface area contributed by atoms with E-state index >= 15 is 0 Å². The van der Waals surface area contributed by atoms with Gasteiger partial charge < -0.3 is 10.6 Å². The van der Waals surface area contributed by atoms with Crippen LogP contribution in [-0.4, -0.2) is 12.1 Å². The van der Waals surface area contributed by atoms with Crippen molar-refractivity contribution in [2.45, 2.75) is 6.42 Å². The van der Waals surface area contributed by atoms with Crippen molar-refractivity contribution in [1.82, 2.24) is 0 Å². The van der Waals surface area contributed by atoms with Gasteiger partial charge in [-0.3, -0.25) is 4.79 Å². The largest absolute Gasteiger partial charge is 0.366 e. The quantitative estimate of drug-likeness (QED) is 0.878. The SMILES string of the molecule is NC(=O)c1ccc(C2=CCC3=CC=NOC3=C2)cc1. The molecular weight excluding hydrogens is 240 g/mol. The summed E-state index contributed by atoms with van der Waals surface area (Å²) in [6.45, 7) is 0. The van der Waals surface area contributed by atoms with Gasteiger partial charge in [-0.05, 0) is 41.8 Å². The van der Waals surface area contributed by atoms with Crippen molar-refractivity contribution in [3.05, 3.63) is 65.0 Å². The monoisotopic (exact) mass is 252 g/mol. The van der Waals surface area contributed by atoms with Crippen molar-refractivity contribution in [1.29, 1.82) is 0 Å². The standard InChI is InChI=1S/C15H12N2O2/c16-15(18)12-4-1-10(2-5-12)13-6-3-11-7-8-17-19-14(11)9-13/h1-2,4-9H,3H2,(H2,16,18). The van der Waals surface area contributed by atoms with E-state index < -0.39 is 5.91 Å². The molecule has 19 heavy (non-hydrogen) atoms. The number of amides is 1. The second kappa shape index (κ2) is 4.57. The van der Waals surface area contributed by atoms with Crippen molar-refractivity contribution >= 4 is 17.7 Å². The Morgan fingerprint density at radius 3 is 2.79 bits per heavy atom. The molecule has 0 saturated carbocycles. The third kappa shape index (κ3) is 2.20. The molecule has 2 N–H and O–H groups in total. The Morgan fingerprint density at radius 2 is 2.05 bits per heavy atom. The van der Waals surface area contributed by atoms with E-state index in [1.54, 1.807) is 18.3 Å². The minimum Gasteiger partial charge on any atom is -0.366 e. The Labute approximate surface area is 110 Å². The molecule has 3 rings (SSSR count). The molecule has 0 atom stereocenters. The number of hydrogen-bond donors (Lipinski definition) is 1. The third-order valence-corrected chi connectivity index (χ3v) is 3.14. The van der Waals surface area contributed by atoms with Crippen LogP contribution in [0.2, 0.25) is 0 Å². The highest BCUT2D eigenvalue weighted by molar-refractivity contribution is 5.93. The minimum atomic E-state index is -0.419. The molecule has 0 spiro atoms. The van der Waals surface area contributed by atoms with E-state index in [1.807, 2.05) is 24.3 Å². The van der Waals surface area contributed by atoms with E-state index in [0.717, 1.165) is 28.9 Å². The average molecular weight is 252 g/mol. The molecule has 0 unspecified atom stereocenters. The molecule has 1 aliphatic carbocycles. The summed E-state index contributed by atoms with van der Waals surface area (Å²) in [6, 6.07) is 7.21. The third-order valence-electron chi connectivity index (χ3n) is 3.14. The molecule has 1 heterocycles. The van der Waals surface area contributed by atoms with E-state index in [1.165, 1.54) is 0 Å². The van der Waals surface area contributed by atoms with Crippen LogP contribution in [0, 0.1) is 0 Å². The number of carbonyl (C=O) groups is 1. The van der Waals surface area contributed by atoms with Crippen LogP contribution in [0.3, 0.4) is 0 Å². The molecule has 2 aliphatic rings. The maximum Gasteiger partial charge on any atom is 0.248 e.